The van der Waals surface area contributed by atoms with Crippen LogP contribution < -0.4 is 22.3 Å². The van der Waals surface area contributed by atoms with Gasteiger partial charge in [0.15, 0.2) is 6.54 Å². The molecule has 3 rings (SSSR count). The highest BCUT2D eigenvalue weighted by Crippen LogP contribution is 2.33. The summed E-state index contributed by atoms with van der Waals surface area (Å²) in [6.07, 6.45) is 0.330. The first kappa shape index (κ1) is 22.5. The van der Waals surface area contributed by atoms with Crippen LogP contribution in [-0.4, -0.2) is 35.9 Å². The number of nitrogens with zero attached hydrogens (tertiary/aromatic N) is 1. The summed E-state index contributed by atoms with van der Waals surface area (Å²) in [4.78, 5) is 12.8. The van der Waals surface area contributed by atoms with E-state index in [4.69, 9.17) is 0 Å². The Bertz CT molecular complexity index is 793. The molecule has 1 N–H and O–H groups in total. The molecule has 0 aromatic heterocycles. The lowest BCUT2D eigenvalue weighted by molar-refractivity contribution is -0.945. The lowest BCUT2D eigenvalue weighted by Gasteiger charge is -2.43. The van der Waals surface area contributed by atoms with Gasteiger partial charge >= 0.3 is 0 Å². The molecule has 0 bridgehead atoms. The molecule has 1 amide bonds. The van der Waals surface area contributed by atoms with E-state index in [0.29, 0.717) is 19.5 Å². The number of alkyl halides is 2. The number of halogens is 3. The highest BCUT2D eigenvalue weighted by Gasteiger charge is 2.46. The number of hydrogen-bond acceptors (Lipinski definition) is 1. The van der Waals surface area contributed by atoms with Gasteiger partial charge in [-0.15, -0.1) is 0 Å². The average molecular weight is 453 g/mol. The molecule has 0 radical (unpaired) electrons. The van der Waals surface area contributed by atoms with Crippen molar-refractivity contribution in [3.05, 3.63) is 65.2 Å². The van der Waals surface area contributed by atoms with Gasteiger partial charge in [-0.05, 0) is 25.0 Å². The highest BCUT2D eigenvalue weighted by atomic mass is 79.9. The van der Waals surface area contributed by atoms with Crippen molar-refractivity contribution in [1.82, 2.24) is 0 Å². The molecule has 2 aromatic rings. The topological polar surface area (TPSA) is 29.1 Å². The Morgan fingerprint density at radius 1 is 1.07 bits per heavy atom. The summed E-state index contributed by atoms with van der Waals surface area (Å²) in [5.41, 5.74) is 3.71. The lowest BCUT2D eigenvalue weighted by atomic mass is 10.0. The smallest absolute Gasteiger partial charge is 0.295 e. The van der Waals surface area contributed by atoms with Gasteiger partial charge in [0.2, 0.25) is 0 Å². The fraction of sp³-hybridized carbons (Fsp3) is 0.409. The Morgan fingerprint density at radius 3 is 2.32 bits per heavy atom. The summed E-state index contributed by atoms with van der Waals surface area (Å²) in [5.74, 6) is -2.94. The van der Waals surface area contributed by atoms with Crippen LogP contribution in [0.15, 0.2) is 48.5 Å². The normalized spacial score (nSPS) is 20.9. The first-order valence-electron chi connectivity index (χ1n) is 9.42. The lowest BCUT2D eigenvalue weighted by Crippen LogP contribution is -3.00. The second kappa shape index (κ2) is 9.14. The van der Waals surface area contributed by atoms with Crippen molar-refractivity contribution in [1.29, 1.82) is 0 Å². The van der Waals surface area contributed by atoms with Gasteiger partial charge in [0, 0.05) is 24.1 Å². The molecule has 1 aliphatic heterocycles. The molecule has 6 heteroatoms. The fourth-order valence-electron chi connectivity index (χ4n) is 4.11. The number of rotatable bonds is 5. The van der Waals surface area contributed by atoms with Gasteiger partial charge in [0.1, 0.15) is 13.1 Å². The van der Waals surface area contributed by atoms with Crippen LogP contribution in [0.3, 0.4) is 0 Å². The fourth-order valence-corrected chi connectivity index (χ4v) is 4.11. The average Bonchev–Trinajstić information content (AvgIpc) is 2.58. The third-order valence-electron chi connectivity index (χ3n) is 5.33. The van der Waals surface area contributed by atoms with Crippen molar-refractivity contribution in [3.8, 4) is 0 Å². The number of para-hydroxylation sites is 1. The van der Waals surface area contributed by atoms with Crippen molar-refractivity contribution in [2.75, 3.05) is 25.0 Å². The number of likely N-dealkylation sites (tertiary alicyclic amines) is 1. The van der Waals surface area contributed by atoms with E-state index in [0.717, 1.165) is 22.4 Å². The maximum absolute atomic E-state index is 14.3. The number of quaternary nitrogens is 1. The van der Waals surface area contributed by atoms with Crippen LogP contribution in [0.25, 0.3) is 0 Å². The molecular weight excluding hydrogens is 426 g/mol. The quantitative estimate of drug-likeness (QED) is 0.687. The zero-order valence-corrected chi connectivity index (χ0v) is 17.9. The second-order valence-corrected chi connectivity index (χ2v) is 7.80. The molecule has 2 aromatic carbocycles. The molecule has 1 unspecified atom stereocenters. The van der Waals surface area contributed by atoms with E-state index in [9.17, 15) is 13.6 Å². The molecule has 152 valence electrons. The second-order valence-electron chi connectivity index (χ2n) is 7.80. The Balaban J connectivity index is 0.00000280. The van der Waals surface area contributed by atoms with E-state index in [1.54, 1.807) is 0 Å². The zero-order chi connectivity index (χ0) is 19.5. The maximum atomic E-state index is 14.3. The molecule has 28 heavy (non-hydrogen) atoms. The summed E-state index contributed by atoms with van der Waals surface area (Å²) in [7, 11) is 0. The van der Waals surface area contributed by atoms with E-state index in [-0.39, 0.29) is 46.9 Å². The Kier molecular flexibility index (Phi) is 7.34. The summed E-state index contributed by atoms with van der Waals surface area (Å²) in [6.45, 7) is 4.67. The number of benzene rings is 2. The first-order chi connectivity index (χ1) is 12.8. The molecule has 3 nitrogen and oxygen atoms in total. The van der Waals surface area contributed by atoms with E-state index >= 15 is 0 Å². The molecular formula is C22H27BrF2N2O. The largest absolute Gasteiger partial charge is 1.00 e. The molecule has 0 spiro atoms. The molecule has 1 heterocycles. The number of carbonyl (C=O) groups is 1. The van der Waals surface area contributed by atoms with Crippen LogP contribution in [-0.2, 0) is 11.3 Å². The van der Waals surface area contributed by atoms with Crippen LogP contribution in [0, 0.1) is 13.8 Å². The van der Waals surface area contributed by atoms with Gasteiger partial charge in [0.05, 0.1) is 6.54 Å². The molecule has 1 aliphatic rings. The van der Waals surface area contributed by atoms with E-state index < -0.39 is 5.92 Å². The van der Waals surface area contributed by atoms with Crippen LogP contribution in [0.5, 0.6) is 0 Å². The summed E-state index contributed by atoms with van der Waals surface area (Å²) >= 11 is 0. The summed E-state index contributed by atoms with van der Waals surface area (Å²) in [6, 6.07) is 15.4. The number of anilines is 1. The van der Waals surface area contributed by atoms with Crippen molar-refractivity contribution in [2.45, 2.75) is 39.2 Å². The monoisotopic (exact) mass is 452 g/mol. The minimum atomic E-state index is -2.73. The first-order valence-corrected chi connectivity index (χ1v) is 9.42. The van der Waals surface area contributed by atoms with Crippen molar-refractivity contribution in [2.24, 2.45) is 0 Å². The highest BCUT2D eigenvalue weighted by molar-refractivity contribution is 5.93. The SMILES string of the molecule is Cc1cccc(C)c1NC(=O)C[N+]1(Cc2ccccc2)CCCC(F)(F)C1.[Br-]. The van der Waals surface area contributed by atoms with Gasteiger partial charge < -0.3 is 26.8 Å². The van der Waals surface area contributed by atoms with E-state index in [1.807, 2.05) is 62.4 Å². The van der Waals surface area contributed by atoms with E-state index in [2.05, 4.69) is 5.32 Å². The van der Waals surface area contributed by atoms with Gasteiger partial charge in [-0.3, -0.25) is 4.79 Å². The van der Waals surface area contributed by atoms with Gasteiger partial charge in [0.25, 0.3) is 11.8 Å². The maximum Gasteiger partial charge on any atom is 0.295 e. The Morgan fingerprint density at radius 2 is 1.71 bits per heavy atom. The standard InChI is InChI=1S/C22H26F2N2O.BrH/c1-17-8-6-9-18(2)21(17)25-20(27)15-26(13-7-12-22(23,24)16-26)14-19-10-4-3-5-11-19;/h3-6,8-11H,7,12-16H2,1-2H3;1H. The molecule has 1 saturated heterocycles. The predicted molar refractivity (Wildman–Crippen MR) is 104 cm³/mol. The van der Waals surface area contributed by atoms with Gasteiger partial charge in [-0.2, -0.15) is 0 Å². The van der Waals surface area contributed by atoms with E-state index in [1.165, 1.54) is 0 Å². The number of piperidine rings is 1. The third kappa shape index (κ3) is 5.61. The number of nitrogens with one attached hydrogen (secondary N) is 1. The van der Waals surface area contributed by atoms with Crippen molar-refractivity contribution < 1.29 is 35.0 Å². The number of aryl methyl sites for hydroxylation is 2. The molecule has 1 atom stereocenters. The van der Waals surface area contributed by atoms with Gasteiger partial charge in [-0.25, -0.2) is 8.78 Å². The van der Waals surface area contributed by atoms with Crippen LogP contribution in [0.2, 0.25) is 0 Å². The molecule has 0 aliphatic carbocycles. The Hall–Kier alpha value is -1.79. The number of hydrogen-bond donors (Lipinski definition) is 1. The van der Waals surface area contributed by atoms with Crippen LogP contribution in [0.1, 0.15) is 29.5 Å². The minimum absolute atomic E-state index is 0. The third-order valence-corrected chi connectivity index (χ3v) is 5.33. The number of carbonyl (C=O) groups excluding carboxylic acids is 1. The molecule has 1 fully saturated rings. The van der Waals surface area contributed by atoms with Crippen LogP contribution >= 0.6 is 0 Å². The molecule has 0 saturated carbocycles. The van der Waals surface area contributed by atoms with Crippen molar-refractivity contribution in [3.63, 3.8) is 0 Å². The Labute approximate surface area is 176 Å². The summed E-state index contributed by atoms with van der Waals surface area (Å²) < 4.78 is 28.6. The summed E-state index contributed by atoms with van der Waals surface area (Å²) in [5, 5.41) is 2.96. The zero-order valence-electron chi connectivity index (χ0n) is 16.4. The minimum Gasteiger partial charge on any atom is -1.00 e. The van der Waals surface area contributed by atoms with Crippen LogP contribution in [0.4, 0.5) is 14.5 Å². The predicted octanol–water partition coefficient (Wildman–Crippen LogP) is 1.69. The number of amides is 1. The van der Waals surface area contributed by atoms with Gasteiger partial charge in [-0.1, -0.05) is 48.5 Å². The van der Waals surface area contributed by atoms with Crippen molar-refractivity contribution >= 4 is 11.6 Å².